The van der Waals surface area contributed by atoms with Crippen molar-refractivity contribution in [1.82, 2.24) is 0 Å². The van der Waals surface area contributed by atoms with E-state index in [1.165, 1.54) is 48.5 Å². The topological polar surface area (TPSA) is 138 Å². The minimum Gasteiger partial charge on any atom is -0.479 e. The summed E-state index contributed by atoms with van der Waals surface area (Å²) in [6, 6.07) is 13.9. The fourth-order valence-electron chi connectivity index (χ4n) is 2.11. The van der Waals surface area contributed by atoms with Crippen LogP contribution in [0.5, 0.6) is 0 Å². The van der Waals surface area contributed by atoms with Crippen molar-refractivity contribution in [2.75, 3.05) is 0 Å². The maximum Gasteiger partial charge on any atom is 0.357 e. The molecule has 8 nitrogen and oxygen atoms in total. The molecule has 2 aromatic rings. The molecule has 2 atom stereocenters. The average molecular weight is 358 g/mol. The van der Waals surface area contributed by atoms with Crippen molar-refractivity contribution in [3.8, 4) is 0 Å². The molecule has 2 aromatic carbocycles. The summed E-state index contributed by atoms with van der Waals surface area (Å²) >= 11 is 0. The molecule has 0 aliphatic rings. The lowest BCUT2D eigenvalue weighted by atomic mass is 9.87. The van der Waals surface area contributed by atoms with E-state index in [1.54, 1.807) is 12.1 Å². The maximum atomic E-state index is 12.5. The zero-order valence-corrected chi connectivity index (χ0v) is 13.2. The van der Waals surface area contributed by atoms with Gasteiger partial charge in [0.05, 0.1) is 5.56 Å². The number of hydrogen-bond donors (Lipinski definition) is 3. The first-order valence-corrected chi connectivity index (χ1v) is 7.33. The monoisotopic (exact) mass is 358 g/mol. The first-order valence-electron chi connectivity index (χ1n) is 7.33. The van der Waals surface area contributed by atoms with Crippen LogP contribution in [0.3, 0.4) is 0 Å². The first-order chi connectivity index (χ1) is 12.3. The highest BCUT2D eigenvalue weighted by Crippen LogP contribution is 2.21. The Kier molecular flexibility index (Phi) is 5.61. The fourth-order valence-corrected chi connectivity index (χ4v) is 2.11. The minimum atomic E-state index is -3.50. The van der Waals surface area contributed by atoms with Gasteiger partial charge < -0.3 is 20.1 Å². The number of aliphatic hydroxyl groups excluding tert-OH is 1. The molecule has 0 aliphatic heterocycles. The van der Waals surface area contributed by atoms with Crippen LogP contribution in [0.1, 0.15) is 20.7 Å². The number of ether oxygens (including phenoxy) is 1. The molecule has 8 heteroatoms. The van der Waals surface area contributed by atoms with Crippen LogP contribution >= 0.6 is 0 Å². The molecule has 134 valence electrons. The van der Waals surface area contributed by atoms with Crippen LogP contribution < -0.4 is 0 Å². The van der Waals surface area contributed by atoms with Crippen molar-refractivity contribution >= 4 is 23.7 Å². The van der Waals surface area contributed by atoms with Gasteiger partial charge in [-0.3, -0.25) is 4.79 Å². The van der Waals surface area contributed by atoms with E-state index in [2.05, 4.69) is 4.74 Å². The van der Waals surface area contributed by atoms with E-state index in [0.717, 1.165) is 0 Å². The average Bonchev–Trinajstić information content (AvgIpc) is 2.67. The van der Waals surface area contributed by atoms with Crippen molar-refractivity contribution < 1.29 is 39.2 Å². The fraction of sp³-hybridized carbons (Fsp3) is 0.111. The van der Waals surface area contributed by atoms with Gasteiger partial charge in [0.2, 0.25) is 5.78 Å². The summed E-state index contributed by atoms with van der Waals surface area (Å²) in [7, 11) is 0. The van der Waals surface area contributed by atoms with Crippen LogP contribution in [0, 0.1) is 0 Å². The van der Waals surface area contributed by atoms with Crippen molar-refractivity contribution in [3.63, 3.8) is 0 Å². The number of carbonyl (C=O) groups excluding carboxylic acids is 3. The maximum absolute atomic E-state index is 12.5. The minimum absolute atomic E-state index is 0.0693. The molecule has 0 radical (unpaired) electrons. The lowest BCUT2D eigenvalue weighted by molar-refractivity contribution is -0.175. The summed E-state index contributed by atoms with van der Waals surface area (Å²) in [5.74, 6) is -6.57. The Morgan fingerprint density at radius 1 is 0.846 bits per heavy atom. The molecule has 2 unspecified atom stereocenters. The number of carboxylic acids is 1. The van der Waals surface area contributed by atoms with Crippen LogP contribution in [0.2, 0.25) is 0 Å². The van der Waals surface area contributed by atoms with Gasteiger partial charge in [0.25, 0.3) is 5.60 Å². The van der Waals surface area contributed by atoms with E-state index in [9.17, 15) is 29.4 Å². The summed E-state index contributed by atoms with van der Waals surface area (Å²) in [6.07, 6.45) is -2.84. The Morgan fingerprint density at radius 2 is 1.31 bits per heavy atom. The van der Waals surface area contributed by atoms with Gasteiger partial charge in [0.15, 0.2) is 6.10 Å². The Balaban J connectivity index is 2.38. The number of carbonyl (C=O) groups is 4. The zero-order valence-electron chi connectivity index (χ0n) is 13.2. The van der Waals surface area contributed by atoms with Crippen LogP contribution in [-0.2, 0) is 14.3 Å². The summed E-state index contributed by atoms with van der Waals surface area (Å²) < 4.78 is 4.44. The summed E-state index contributed by atoms with van der Waals surface area (Å²) in [6.45, 7) is 0. The van der Waals surface area contributed by atoms with Gasteiger partial charge >= 0.3 is 17.9 Å². The van der Waals surface area contributed by atoms with Crippen LogP contribution in [-0.4, -0.2) is 50.7 Å². The second-order valence-corrected chi connectivity index (χ2v) is 5.25. The van der Waals surface area contributed by atoms with Crippen LogP contribution in [0.4, 0.5) is 0 Å². The highest BCUT2D eigenvalue weighted by molar-refractivity contribution is 6.19. The Labute approximate surface area is 147 Å². The van der Waals surface area contributed by atoms with Gasteiger partial charge in [0.1, 0.15) is 0 Å². The quantitative estimate of drug-likeness (QED) is 0.384. The van der Waals surface area contributed by atoms with E-state index in [1.807, 2.05) is 0 Å². The molecule has 0 saturated heterocycles. The number of Topliss-reactive ketones (excluding diaryl/α,β-unsaturated/α-hetero) is 1. The van der Waals surface area contributed by atoms with E-state index >= 15 is 0 Å². The van der Waals surface area contributed by atoms with Gasteiger partial charge in [-0.15, -0.1) is 0 Å². The highest BCUT2D eigenvalue weighted by atomic mass is 16.6. The molecule has 26 heavy (non-hydrogen) atoms. The van der Waals surface area contributed by atoms with E-state index < -0.39 is 35.4 Å². The first kappa shape index (κ1) is 19.0. The zero-order chi connectivity index (χ0) is 19.3. The van der Waals surface area contributed by atoms with Crippen molar-refractivity contribution in [1.29, 1.82) is 0 Å². The Hall–Kier alpha value is -3.36. The highest BCUT2D eigenvalue weighted by Gasteiger charge is 2.56. The third-order valence-electron chi connectivity index (χ3n) is 3.52. The molecule has 0 aromatic heterocycles. The van der Waals surface area contributed by atoms with Crippen molar-refractivity contribution in [2.45, 2.75) is 11.7 Å². The largest absolute Gasteiger partial charge is 0.479 e. The molecule has 0 spiro atoms. The number of ketones is 1. The van der Waals surface area contributed by atoms with Crippen molar-refractivity contribution in [2.24, 2.45) is 0 Å². The molecule has 0 fully saturated rings. The number of hydrogen-bond acceptors (Lipinski definition) is 7. The SMILES string of the molecule is O=C(OC(=O)C(O)(C(=O)c1ccccc1)C(O)C(=O)O)c1ccccc1. The number of rotatable bonds is 6. The molecule has 0 saturated carbocycles. The van der Waals surface area contributed by atoms with E-state index in [0.29, 0.717) is 0 Å². The predicted octanol–water partition coefficient (Wildman–Crippen LogP) is 0.429. The number of aliphatic hydroxyl groups is 2. The second-order valence-electron chi connectivity index (χ2n) is 5.25. The number of esters is 2. The molecule has 0 bridgehead atoms. The molecule has 0 aliphatic carbocycles. The molecular formula is C18H14O8. The third-order valence-corrected chi connectivity index (χ3v) is 3.52. The van der Waals surface area contributed by atoms with Gasteiger partial charge in [0, 0.05) is 5.56 Å². The lowest BCUT2D eigenvalue weighted by Crippen LogP contribution is -2.59. The van der Waals surface area contributed by atoms with Crippen molar-refractivity contribution in [3.05, 3.63) is 71.8 Å². The lowest BCUT2D eigenvalue weighted by Gasteiger charge is -2.26. The van der Waals surface area contributed by atoms with E-state index in [4.69, 9.17) is 5.11 Å². The smallest absolute Gasteiger partial charge is 0.357 e. The second kappa shape index (κ2) is 7.68. The Morgan fingerprint density at radius 3 is 1.77 bits per heavy atom. The van der Waals surface area contributed by atoms with Gasteiger partial charge in [-0.2, -0.15) is 0 Å². The predicted molar refractivity (Wildman–Crippen MR) is 86.2 cm³/mol. The van der Waals surface area contributed by atoms with Gasteiger partial charge in [-0.1, -0.05) is 48.5 Å². The summed E-state index contributed by atoms with van der Waals surface area (Å²) in [4.78, 5) is 47.8. The molecular weight excluding hydrogens is 344 g/mol. The number of carboxylic acid groups (broad SMARTS) is 1. The molecule has 2 rings (SSSR count). The molecule has 0 heterocycles. The normalized spacial score (nSPS) is 13.9. The molecule has 0 amide bonds. The third kappa shape index (κ3) is 3.66. The standard InChI is InChI=1S/C18H14O8/c19-13(11-7-3-1-4-8-11)18(25,14(20)15(21)22)17(24)26-16(23)12-9-5-2-6-10-12/h1-10,14,20,25H,(H,21,22). The molecule has 3 N–H and O–H groups in total. The van der Waals surface area contributed by atoms with Crippen LogP contribution in [0.25, 0.3) is 0 Å². The summed E-state index contributed by atoms with van der Waals surface area (Å²) in [5.41, 5.74) is -3.82. The number of benzene rings is 2. The number of aliphatic carboxylic acids is 1. The summed E-state index contributed by atoms with van der Waals surface area (Å²) in [5, 5.41) is 29.1. The van der Waals surface area contributed by atoms with Crippen LogP contribution in [0.15, 0.2) is 60.7 Å². The van der Waals surface area contributed by atoms with Gasteiger partial charge in [-0.25, -0.2) is 14.4 Å². The Bertz CT molecular complexity index is 831. The van der Waals surface area contributed by atoms with Gasteiger partial charge in [-0.05, 0) is 12.1 Å². The van der Waals surface area contributed by atoms with E-state index in [-0.39, 0.29) is 11.1 Å².